The van der Waals surface area contributed by atoms with Gasteiger partial charge in [-0.3, -0.25) is 4.79 Å². The molecule has 1 heterocycles. The molecule has 3 nitrogen and oxygen atoms in total. The van der Waals surface area contributed by atoms with Crippen molar-refractivity contribution in [2.45, 2.75) is 25.9 Å². The van der Waals surface area contributed by atoms with Crippen molar-refractivity contribution in [1.29, 1.82) is 0 Å². The van der Waals surface area contributed by atoms with Crippen LogP contribution in [0.2, 0.25) is 0 Å². The summed E-state index contributed by atoms with van der Waals surface area (Å²) < 4.78 is 6.79. The Labute approximate surface area is 142 Å². The minimum atomic E-state index is 0.150. The number of ether oxygens (including phenoxy) is 1. The summed E-state index contributed by atoms with van der Waals surface area (Å²) in [5.74, 6) is 0.150. The fourth-order valence-electron chi connectivity index (χ4n) is 2.42. The maximum atomic E-state index is 12.6. The van der Waals surface area contributed by atoms with Crippen LogP contribution in [-0.2, 0) is 4.74 Å². The second kappa shape index (κ2) is 7.75. The van der Waals surface area contributed by atoms with Gasteiger partial charge in [0, 0.05) is 22.0 Å². The van der Waals surface area contributed by atoms with E-state index in [1.807, 2.05) is 30.0 Å². The van der Waals surface area contributed by atoms with E-state index in [0.717, 1.165) is 52.6 Å². The summed E-state index contributed by atoms with van der Waals surface area (Å²) in [6.07, 6.45) is 2.16. The van der Waals surface area contributed by atoms with Crippen molar-refractivity contribution in [2.24, 2.45) is 0 Å². The topological polar surface area (TPSA) is 29.5 Å². The van der Waals surface area contributed by atoms with Crippen LogP contribution in [-0.4, -0.2) is 41.9 Å². The lowest BCUT2D eigenvalue weighted by Crippen LogP contribution is -2.41. The van der Waals surface area contributed by atoms with E-state index in [9.17, 15) is 4.79 Å². The van der Waals surface area contributed by atoms with Gasteiger partial charge in [0.2, 0.25) is 0 Å². The Morgan fingerprint density at radius 1 is 1.45 bits per heavy atom. The van der Waals surface area contributed by atoms with Gasteiger partial charge in [0.25, 0.3) is 5.91 Å². The number of rotatable bonds is 4. The van der Waals surface area contributed by atoms with Crippen molar-refractivity contribution in [2.75, 3.05) is 25.0 Å². The number of halogens is 2. The second-order valence-corrected chi connectivity index (χ2v) is 6.86. The summed E-state index contributed by atoms with van der Waals surface area (Å²) in [4.78, 5) is 14.5. The molecule has 1 amide bonds. The van der Waals surface area contributed by atoms with Gasteiger partial charge in [0.1, 0.15) is 0 Å². The average molecular weight is 452 g/mol. The molecule has 1 aromatic rings. The molecule has 20 heavy (non-hydrogen) atoms. The first-order valence-corrected chi connectivity index (χ1v) is 9.05. The number of benzene rings is 1. The highest BCUT2D eigenvalue weighted by Gasteiger charge is 2.25. The molecular formula is C15H19BrINO2. The molecule has 1 aliphatic rings. The van der Waals surface area contributed by atoms with Gasteiger partial charge in [0.05, 0.1) is 18.3 Å². The van der Waals surface area contributed by atoms with Crippen LogP contribution >= 0.6 is 38.5 Å². The van der Waals surface area contributed by atoms with Crippen LogP contribution in [0.3, 0.4) is 0 Å². The minimum absolute atomic E-state index is 0.150. The zero-order chi connectivity index (χ0) is 14.5. The lowest BCUT2D eigenvalue weighted by Gasteiger charge is -2.32. The van der Waals surface area contributed by atoms with E-state index < -0.39 is 0 Å². The molecule has 0 saturated carbocycles. The lowest BCUT2D eigenvalue weighted by atomic mass is 10.1. The number of piperidine rings is 1. The van der Waals surface area contributed by atoms with E-state index in [0.29, 0.717) is 6.10 Å². The van der Waals surface area contributed by atoms with E-state index in [-0.39, 0.29) is 5.91 Å². The van der Waals surface area contributed by atoms with Gasteiger partial charge < -0.3 is 9.64 Å². The van der Waals surface area contributed by atoms with Crippen molar-refractivity contribution in [3.63, 3.8) is 0 Å². The van der Waals surface area contributed by atoms with Crippen molar-refractivity contribution >= 4 is 44.4 Å². The molecule has 0 aromatic heterocycles. The maximum Gasteiger partial charge on any atom is 0.254 e. The summed E-state index contributed by atoms with van der Waals surface area (Å²) in [5.41, 5.74) is 1.98. The first-order chi connectivity index (χ1) is 9.63. The maximum absolute atomic E-state index is 12.6. The molecule has 110 valence electrons. The summed E-state index contributed by atoms with van der Waals surface area (Å²) in [6.45, 7) is 4.36. The normalized spacial score (nSPS) is 16.4. The zero-order valence-electron chi connectivity index (χ0n) is 11.6. The molecule has 1 fully saturated rings. The summed E-state index contributed by atoms with van der Waals surface area (Å²) in [6, 6.07) is 5.92. The fourth-order valence-corrected chi connectivity index (χ4v) is 3.20. The number of likely N-dealkylation sites (tertiary alicyclic amines) is 1. The number of alkyl halides is 1. The van der Waals surface area contributed by atoms with Gasteiger partial charge in [-0.05, 0) is 54.0 Å². The number of nitrogens with zero attached hydrogens (tertiary/aromatic N) is 1. The molecule has 0 atom stereocenters. The van der Waals surface area contributed by atoms with Crippen LogP contribution in [0, 0.1) is 10.5 Å². The summed E-state index contributed by atoms with van der Waals surface area (Å²) in [7, 11) is 0. The number of aryl methyl sites for hydroxylation is 1. The van der Waals surface area contributed by atoms with Crippen molar-refractivity contribution in [1.82, 2.24) is 4.90 Å². The monoisotopic (exact) mass is 451 g/mol. The average Bonchev–Trinajstić information content (AvgIpc) is 2.48. The second-order valence-electron chi connectivity index (χ2n) is 4.99. The van der Waals surface area contributed by atoms with Crippen LogP contribution in [0.25, 0.3) is 0 Å². The number of hydrogen-bond donors (Lipinski definition) is 0. The molecule has 5 heteroatoms. The number of carbonyl (C=O) groups excluding carboxylic acids is 1. The predicted molar refractivity (Wildman–Crippen MR) is 92.6 cm³/mol. The third-order valence-corrected chi connectivity index (χ3v) is 5.34. The van der Waals surface area contributed by atoms with Crippen molar-refractivity contribution in [3.8, 4) is 0 Å². The Morgan fingerprint density at radius 3 is 2.80 bits per heavy atom. The molecule has 0 unspecified atom stereocenters. The van der Waals surface area contributed by atoms with E-state index in [1.165, 1.54) is 0 Å². The van der Waals surface area contributed by atoms with Crippen LogP contribution in [0.1, 0.15) is 28.8 Å². The van der Waals surface area contributed by atoms with Crippen LogP contribution in [0.15, 0.2) is 18.2 Å². The molecule has 2 rings (SSSR count). The molecule has 1 saturated heterocycles. The quantitative estimate of drug-likeness (QED) is 0.517. The largest absolute Gasteiger partial charge is 0.377 e. The number of carbonyl (C=O) groups is 1. The van der Waals surface area contributed by atoms with Gasteiger partial charge >= 0.3 is 0 Å². The number of amides is 1. The molecule has 0 aliphatic carbocycles. The van der Waals surface area contributed by atoms with Crippen LogP contribution in [0.4, 0.5) is 0 Å². The van der Waals surface area contributed by atoms with Crippen molar-refractivity contribution < 1.29 is 9.53 Å². The summed E-state index contributed by atoms with van der Waals surface area (Å²) >= 11 is 5.63. The SMILES string of the molecule is Cc1cccc(C(=O)N2CCC(OCCBr)CC2)c1I. The fraction of sp³-hybridized carbons (Fsp3) is 0.533. The van der Waals surface area contributed by atoms with Gasteiger partial charge in [-0.1, -0.05) is 28.1 Å². The molecule has 0 radical (unpaired) electrons. The highest BCUT2D eigenvalue weighted by Crippen LogP contribution is 2.21. The van der Waals surface area contributed by atoms with Gasteiger partial charge in [0.15, 0.2) is 0 Å². The number of hydrogen-bond acceptors (Lipinski definition) is 2. The third kappa shape index (κ3) is 3.95. The lowest BCUT2D eigenvalue weighted by molar-refractivity contribution is 0.0159. The Balaban J connectivity index is 1.96. The van der Waals surface area contributed by atoms with E-state index in [4.69, 9.17) is 4.74 Å². The highest BCUT2D eigenvalue weighted by molar-refractivity contribution is 14.1. The smallest absolute Gasteiger partial charge is 0.254 e. The summed E-state index contributed by atoms with van der Waals surface area (Å²) in [5, 5.41) is 0.869. The first kappa shape index (κ1) is 16.2. The molecule has 0 bridgehead atoms. The first-order valence-electron chi connectivity index (χ1n) is 6.85. The Bertz CT molecular complexity index is 473. The predicted octanol–water partition coefficient (Wildman–Crippen LogP) is 3.62. The standard InChI is InChI=1S/C15H19BrINO2/c1-11-3-2-4-13(14(11)17)15(19)18-8-5-12(6-9-18)20-10-7-16/h2-4,12H,5-10H2,1H3. The zero-order valence-corrected chi connectivity index (χ0v) is 15.3. The Kier molecular flexibility index (Phi) is 6.29. The Hall–Kier alpha value is -0.140. The van der Waals surface area contributed by atoms with E-state index in [1.54, 1.807) is 0 Å². The van der Waals surface area contributed by atoms with Crippen LogP contribution < -0.4 is 0 Å². The minimum Gasteiger partial charge on any atom is -0.377 e. The van der Waals surface area contributed by atoms with Crippen LogP contribution in [0.5, 0.6) is 0 Å². The molecule has 1 aliphatic heterocycles. The molecule has 1 aromatic carbocycles. The Morgan fingerprint density at radius 2 is 2.15 bits per heavy atom. The third-order valence-electron chi connectivity index (χ3n) is 3.58. The molecular weight excluding hydrogens is 433 g/mol. The van der Waals surface area contributed by atoms with Gasteiger partial charge in [-0.25, -0.2) is 0 Å². The van der Waals surface area contributed by atoms with Gasteiger partial charge in [-0.15, -0.1) is 0 Å². The highest BCUT2D eigenvalue weighted by atomic mass is 127. The molecule has 0 spiro atoms. The van der Waals surface area contributed by atoms with Crippen molar-refractivity contribution in [3.05, 3.63) is 32.9 Å². The van der Waals surface area contributed by atoms with E-state index >= 15 is 0 Å². The van der Waals surface area contributed by atoms with E-state index in [2.05, 4.69) is 38.5 Å². The van der Waals surface area contributed by atoms with Gasteiger partial charge in [-0.2, -0.15) is 0 Å². The molecule has 0 N–H and O–H groups in total.